The topological polar surface area (TPSA) is 95.7 Å². The van der Waals surface area contributed by atoms with Crippen molar-refractivity contribution in [1.82, 2.24) is 18.7 Å². The number of aromatic nitrogens is 3. The van der Waals surface area contributed by atoms with Crippen molar-refractivity contribution < 1.29 is 31.5 Å². The number of aryl methyl sites for hydroxylation is 3. The maximum Gasteiger partial charge on any atom is 0.355 e. The van der Waals surface area contributed by atoms with Crippen molar-refractivity contribution in [1.29, 1.82) is 0 Å². The van der Waals surface area contributed by atoms with E-state index in [1.807, 2.05) is 13.0 Å². The van der Waals surface area contributed by atoms with Gasteiger partial charge in [0.2, 0.25) is 10.0 Å². The van der Waals surface area contributed by atoms with Gasteiger partial charge in [0.05, 0.1) is 36.7 Å². The van der Waals surface area contributed by atoms with E-state index in [4.69, 9.17) is 9.47 Å². The first-order valence-corrected chi connectivity index (χ1v) is 17.5. The van der Waals surface area contributed by atoms with Crippen molar-refractivity contribution in [2.75, 3.05) is 26.0 Å². The van der Waals surface area contributed by atoms with E-state index in [1.54, 1.807) is 53.6 Å². The normalized spacial score (nSPS) is 15.0. The van der Waals surface area contributed by atoms with Crippen LogP contribution in [0.3, 0.4) is 0 Å². The highest BCUT2D eigenvalue weighted by Gasteiger charge is 2.32. The molecule has 0 saturated carbocycles. The van der Waals surface area contributed by atoms with Crippen molar-refractivity contribution >= 4 is 37.7 Å². The summed E-state index contributed by atoms with van der Waals surface area (Å²) >= 11 is 0. The monoisotopic (exact) mass is 664 g/mol. The zero-order valence-corrected chi connectivity index (χ0v) is 27.8. The zero-order chi connectivity index (χ0) is 33.5. The van der Waals surface area contributed by atoms with E-state index in [2.05, 4.69) is 5.10 Å². The number of hydrogen-bond donors (Lipinski definition) is 0. The summed E-state index contributed by atoms with van der Waals surface area (Å²) in [4.78, 5) is 13.7. The smallest absolute Gasteiger partial charge is 0.355 e. The molecule has 5 aromatic rings. The fraction of sp³-hybridized carbons (Fsp3) is 0.371. The predicted octanol–water partition coefficient (Wildman–Crippen LogP) is 6.39. The van der Waals surface area contributed by atoms with E-state index in [0.717, 1.165) is 5.69 Å². The molecule has 0 fully saturated rings. The summed E-state index contributed by atoms with van der Waals surface area (Å²) in [5.41, 5.74) is 3.48. The molecule has 0 aliphatic carbocycles. The van der Waals surface area contributed by atoms with Crippen LogP contribution in [-0.4, -0.2) is 59.1 Å². The molecule has 2 aromatic heterocycles. The molecule has 0 N–H and O–H groups in total. The molecule has 1 aliphatic heterocycles. The van der Waals surface area contributed by atoms with E-state index in [-0.39, 0.29) is 50.0 Å². The predicted molar refractivity (Wildman–Crippen MR) is 177 cm³/mol. The van der Waals surface area contributed by atoms with Gasteiger partial charge in [0.15, 0.2) is 0 Å². The minimum absolute atomic E-state index is 0.0188. The van der Waals surface area contributed by atoms with Gasteiger partial charge in [0.1, 0.15) is 23.1 Å². The highest BCUT2D eigenvalue weighted by molar-refractivity contribution is 7.89. The highest BCUT2D eigenvalue weighted by atomic mass is 32.2. The molecule has 248 valence electrons. The van der Waals surface area contributed by atoms with E-state index in [1.165, 1.54) is 23.5 Å². The molecule has 0 bridgehead atoms. The van der Waals surface area contributed by atoms with Crippen LogP contribution in [0.5, 0.6) is 5.75 Å². The Morgan fingerprint density at radius 1 is 0.957 bits per heavy atom. The lowest BCUT2D eigenvalue weighted by Crippen LogP contribution is -2.29. The van der Waals surface area contributed by atoms with Crippen molar-refractivity contribution in [3.8, 4) is 16.9 Å². The fourth-order valence-electron chi connectivity index (χ4n) is 6.73. The average molecular weight is 665 g/mol. The number of fused-ring (bicyclic) bond motifs is 3. The summed E-state index contributed by atoms with van der Waals surface area (Å²) in [7, 11) is -0.400. The first-order chi connectivity index (χ1) is 22.6. The molecule has 12 heteroatoms. The number of benzene rings is 3. The minimum atomic E-state index is -3.67. The van der Waals surface area contributed by atoms with Crippen molar-refractivity contribution in [3.05, 3.63) is 82.8 Å². The second-order valence-corrected chi connectivity index (χ2v) is 13.9. The quantitative estimate of drug-likeness (QED) is 0.141. The molecule has 0 atom stereocenters. The van der Waals surface area contributed by atoms with E-state index in [9.17, 15) is 17.6 Å². The Morgan fingerprint density at radius 3 is 2.45 bits per heavy atom. The molecule has 3 aromatic carbocycles. The molecule has 0 radical (unpaired) electrons. The third kappa shape index (κ3) is 5.89. The standard InChI is InChI=1S/C35H38F2N4O5S/c1-5-29-32-28(38-40(29)4)21-39(3)47(43,44)20-10-18-41-33-25(14-15-27(37)31(32)33)24(34(41)35(42)45-6-2)13-9-19-46-30-17-16-26(36)22-11-7-8-12-23(22)30/h7-8,11-12,14-17H,5-6,9-10,13,18-21H2,1-4H3. The Balaban J connectivity index is 1.49. The van der Waals surface area contributed by atoms with Crippen LogP contribution in [0.4, 0.5) is 8.78 Å². The molecular weight excluding hydrogens is 626 g/mol. The summed E-state index contributed by atoms with van der Waals surface area (Å²) in [6.45, 7) is 4.21. The van der Waals surface area contributed by atoms with Gasteiger partial charge in [0, 0.05) is 53.6 Å². The van der Waals surface area contributed by atoms with Gasteiger partial charge in [-0.05, 0) is 62.4 Å². The summed E-state index contributed by atoms with van der Waals surface area (Å²) in [5.74, 6) is -0.986. The highest BCUT2D eigenvalue weighted by Crippen LogP contribution is 2.41. The summed E-state index contributed by atoms with van der Waals surface area (Å²) < 4.78 is 73.5. The van der Waals surface area contributed by atoms with Crippen molar-refractivity contribution in [2.45, 2.75) is 52.6 Å². The van der Waals surface area contributed by atoms with Gasteiger partial charge < -0.3 is 14.0 Å². The largest absolute Gasteiger partial charge is 0.493 e. The number of carbonyl (C=O) groups excluding carboxylic acids is 1. The molecule has 0 saturated heterocycles. The number of halogens is 2. The Kier molecular flexibility index (Phi) is 9.08. The van der Waals surface area contributed by atoms with Crippen molar-refractivity contribution in [2.24, 2.45) is 7.05 Å². The molecule has 1 aliphatic rings. The van der Waals surface area contributed by atoms with E-state index in [0.29, 0.717) is 69.1 Å². The number of ether oxygens (including phenoxy) is 2. The Hall–Kier alpha value is -4.29. The van der Waals surface area contributed by atoms with Crippen LogP contribution in [0.25, 0.3) is 32.8 Å². The number of nitrogens with zero attached hydrogens (tertiary/aromatic N) is 4. The van der Waals surface area contributed by atoms with Gasteiger partial charge in [-0.25, -0.2) is 22.0 Å². The number of carbonyl (C=O) groups is 1. The number of esters is 1. The summed E-state index contributed by atoms with van der Waals surface area (Å²) in [6, 6.07) is 13.2. The van der Waals surface area contributed by atoms with Gasteiger partial charge in [-0.3, -0.25) is 4.68 Å². The Bertz CT molecular complexity index is 2100. The lowest BCUT2D eigenvalue weighted by Gasteiger charge is -2.16. The van der Waals surface area contributed by atoms with Crippen LogP contribution < -0.4 is 4.74 Å². The van der Waals surface area contributed by atoms with Crippen molar-refractivity contribution in [3.63, 3.8) is 0 Å². The third-order valence-electron chi connectivity index (χ3n) is 8.86. The molecule has 47 heavy (non-hydrogen) atoms. The number of sulfonamides is 1. The van der Waals surface area contributed by atoms with Gasteiger partial charge in [-0.2, -0.15) is 9.40 Å². The van der Waals surface area contributed by atoms with Crippen LogP contribution in [0, 0.1) is 11.6 Å². The van der Waals surface area contributed by atoms with Crippen LogP contribution in [0.15, 0.2) is 48.5 Å². The molecular formula is C35H38F2N4O5S. The maximum absolute atomic E-state index is 16.2. The minimum Gasteiger partial charge on any atom is -0.493 e. The van der Waals surface area contributed by atoms with E-state index >= 15 is 4.39 Å². The van der Waals surface area contributed by atoms with Gasteiger partial charge in [0.25, 0.3) is 0 Å². The van der Waals surface area contributed by atoms with Crippen LogP contribution in [0.1, 0.15) is 54.1 Å². The molecule has 6 rings (SSSR count). The lowest BCUT2D eigenvalue weighted by molar-refractivity contribution is 0.0512. The molecule has 9 nitrogen and oxygen atoms in total. The molecule has 3 heterocycles. The van der Waals surface area contributed by atoms with Crippen LogP contribution in [0.2, 0.25) is 0 Å². The first-order valence-electron chi connectivity index (χ1n) is 15.9. The second kappa shape index (κ2) is 13.1. The SMILES string of the molecule is CCOC(=O)c1c(CCCOc2ccc(F)c3ccccc23)c2ccc(F)c3c2n1CCCS(=O)(=O)N(C)Cc1nn(C)c(CC)c1-3. The molecule has 0 unspecified atom stereocenters. The first kappa shape index (κ1) is 32.6. The van der Waals surface area contributed by atoms with Crippen LogP contribution >= 0.6 is 0 Å². The zero-order valence-electron chi connectivity index (χ0n) is 27.0. The molecule has 0 spiro atoms. The van der Waals surface area contributed by atoms with Crippen LogP contribution in [-0.2, 0) is 47.7 Å². The van der Waals surface area contributed by atoms with Gasteiger partial charge >= 0.3 is 5.97 Å². The Labute approximate surface area is 272 Å². The van der Waals surface area contributed by atoms with Gasteiger partial charge in [-0.1, -0.05) is 31.2 Å². The second-order valence-electron chi connectivity index (χ2n) is 11.7. The molecule has 0 amide bonds. The fourth-order valence-corrected chi connectivity index (χ4v) is 7.85. The lowest BCUT2D eigenvalue weighted by atomic mass is 9.96. The third-order valence-corrected chi connectivity index (χ3v) is 10.7. The van der Waals surface area contributed by atoms with Gasteiger partial charge in [-0.15, -0.1) is 0 Å². The average Bonchev–Trinajstić information content (AvgIpc) is 3.52. The maximum atomic E-state index is 16.2. The Morgan fingerprint density at radius 2 is 1.70 bits per heavy atom. The number of rotatable bonds is 8. The van der Waals surface area contributed by atoms with E-state index < -0.39 is 21.8 Å². The number of hydrogen-bond acceptors (Lipinski definition) is 6. The summed E-state index contributed by atoms with van der Waals surface area (Å²) in [6.07, 6.45) is 1.61. The summed E-state index contributed by atoms with van der Waals surface area (Å²) in [5, 5.41) is 6.47.